The molecule has 0 spiro atoms. The minimum atomic E-state index is -0.668. The van der Waals surface area contributed by atoms with E-state index in [4.69, 9.17) is 5.73 Å². The quantitative estimate of drug-likeness (QED) is 0.846. The van der Waals surface area contributed by atoms with Gasteiger partial charge in [0.25, 0.3) is 5.91 Å². The second-order valence-electron chi connectivity index (χ2n) is 4.69. The zero-order valence-corrected chi connectivity index (χ0v) is 11.9. The molecular weight excluding hydrogens is 260 g/mol. The van der Waals surface area contributed by atoms with Crippen molar-refractivity contribution in [1.29, 1.82) is 0 Å². The molecule has 0 aliphatic heterocycles. The molecule has 3 N–H and O–H groups in total. The van der Waals surface area contributed by atoms with Crippen molar-refractivity contribution in [2.45, 2.75) is 0 Å². The van der Waals surface area contributed by atoms with Crippen LogP contribution in [0.25, 0.3) is 0 Å². The Balaban J connectivity index is 3.21. The van der Waals surface area contributed by atoms with E-state index >= 15 is 0 Å². The number of amides is 4. The van der Waals surface area contributed by atoms with Crippen molar-refractivity contribution >= 4 is 23.5 Å². The van der Waals surface area contributed by atoms with E-state index in [2.05, 4.69) is 5.32 Å². The average Bonchev–Trinajstić information content (AvgIpc) is 2.36. The number of hydrogen-bond donors (Lipinski definition) is 2. The van der Waals surface area contributed by atoms with Gasteiger partial charge in [-0.2, -0.15) is 0 Å². The Bertz CT molecular complexity index is 553. The van der Waals surface area contributed by atoms with Crippen molar-refractivity contribution in [2.24, 2.45) is 5.73 Å². The Morgan fingerprint density at radius 3 is 1.95 bits per heavy atom. The Kier molecular flexibility index (Phi) is 4.68. The van der Waals surface area contributed by atoms with E-state index in [9.17, 15) is 14.4 Å². The zero-order valence-electron chi connectivity index (χ0n) is 11.9. The molecule has 0 radical (unpaired) electrons. The van der Waals surface area contributed by atoms with E-state index in [-0.39, 0.29) is 23.1 Å². The third-order valence-electron chi connectivity index (χ3n) is 2.53. The highest BCUT2D eigenvalue weighted by Gasteiger charge is 2.14. The van der Waals surface area contributed by atoms with E-state index < -0.39 is 5.91 Å². The number of nitrogens with one attached hydrogen (secondary N) is 1. The fourth-order valence-electron chi connectivity index (χ4n) is 1.46. The highest BCUT2D eigenvalue weighted by Crippen LogP contribution is 2.16. The number of rotatable bonds is 3. The number of urea groups is 1. The van der Waals surface area contributed by atoms with E-state index in [1.54, 1.807) is 28.2 Å². The summed E-state index contributed by atoms with van der Waals surface area (Å²) in [5, 5.41) is 2.58. The van der Waals surface area contributed by atoms with Crippen LogP contribution in [-0.2, 0) is 0 Å². The van der Waals surface area contributed by atoms with Crippen LogP contribution < -0.4 is 11.1 Å². The van der Waals surface area contributed by atoms with Gasteiger partial charge in [-0.1, -0.05) is 0 Å². The van der Waals surface area contributed by atoms with Gasteiger partial charge in [0, 0.05) is 45.0 Å². The van der Waals surface area contributed by atoms with Gasteiger partial charge in [-0.05, 0) is 18.2 Å². The Morgan fingerprint density at radius 2 is 1.50 bits per heavy atom. The average molecular weight is 278 g/mol. The lowest BCUT2D eigenvalue weighted by Crippen LogP contribution is -2.28. The van der Waals surface area contributed by atoms with Crippen LogP contribution in [0.15, 0.2) is 18.2 Å². The van der Waals surface area contributed by atoms with Crippen molar-refractivity contribution in [3.05, 3.63) is 29.3 Å². The van der Waals surface area contributed by atoms with Gasteiger partial charge in [0.2, 0.25) is 5.91 Å². The van der Waals surface area contributed by atoms with Crippen LogP contribution in [0.3, 0.4) is 0 Å². The molecule has 0 unspecified atom stereocenters. The number of nitrogens with two attached hydrogens (primary N) is 1. The number of anilines is 1. The number of primary amides is 1. The highest BCUT2D eigenvalue weighted by atomic mass is 16.2. The molecule has 20 heavy (non-hydrogen) atoms. The second-order valence-corrected chi connectivity index (χ2v) is 4.69. The van der Waals surface area contributed by atoms with Gasteiger partial charge in [-0.3, -0.25) is 9.59 Å². The topological polar surface area (TPSA) is 95.7 Å². The fraction of sp³-hybridized carbons (Fsp3) is 0.308. The third-order valence-corrected chi connectivity index (χ3v) is 2.53. The predicted molar refractivity (Wildman–Crippen MR) is 75.7 cm³/mol. The number of carbonyl (C=O) groups excluding carboxylic acids is 3. The van der Waals surface area contributed by atoms with Crippen molar-refractivity contribution in [3.8, 4) is 0 Å². The van der Waals surface area contributed by atoms with Crippen LogP contribution >= 0.6 is 0 Å². The summed E-state index contributed by atoms with van der Waals surface area (Å²) in [6, 6.07) is 3.96. The Morgan fingerprint density at radius 1 is 0.950 bits per heavy atom. The molecule has 0 heterocycles. The molecule has 0 saturated carbocycles. The van der Waals surface area contributed by atoms with Gasteiger partial charge in [0.15, 0.2) is 0 Å². The molecule has 0 aromatic heterocycles. The van der Waals surface area contributed by atoms with Crippen LogP contribution in [0, 0.1) is 0 Å². The fourth-order valence-corrected chi connectivity index (χ4v) is 1.46. The van der Waals surface area contributed by atoms with Crippen molar-refractivity contribution < 1.29 is 14.4 Å². The molecular formula is C13H18N4O3. The first-order chi connectivity index (χ1) is 9.22. The second kappa shape index (κ2) is 6.05. The summed E-state index contributed by atoms with van der Waals surface area (Å²) in [6.45, 7) is 0. The number of nitrogens with zero attached hydrogens (tertiary/aromatic N) is 2. The number of hydrogen-bond acceptors (Lipinski definition) is 3. The van der Waals surface area contributed by atoms with Crippen LogP contribution in [0.4, 0.5) is 10.5 Å². The van der Waals surface area contributed by atoms with E-state index in [1.165, 1.54) is 28.0 Å². The molecule has 4 amide bonds. The minimum absolute atomic E-state index is 0.159. The summed E-state index contributed by atoms with van der Waals surface area (Å²) in [7, 11) is 6.35. The van der Waals surface area contributed by atoms with E-state index in [1.807, 2.05) is 0 Å². The summed E-state index contributed by atoms with van der Waals surface area (Å²) in [4.78, 5) is 37.6. The highest BCUT2D eigenvalue weighted by molar-refractivity contribution is 6.01. The molecule has 7 nitrogen and oxygen atoms in total. The minimum Gasteiger partial charge on any atom is -0.366 e. The molecule has 0 atom stereocenters. The van der Waals surface area contributed by atoms with Crippen molar-refractivity contribution in [3.63, 3.8) is 0 Å². The van der Waals surface area contributed by atoms with Gasteiger partial charge in [-0.15, -0.1) is 0 Å². The lowest BCUT2D eigenvalue weighted by molar-refractivity contribution is 0.0827. The maximum absolute atomic E-state index is 11.9. The first-order valence-electron chi connectivity index (χ1n) is 5.87. The Hall–Kier alpha value is -2.57. The summed E-state index contributed by atoms with van der Waals surface area (Å²) in [6.07, 6.45) is 0. The molecule has 1 rings (SSSR count). The maximum atomic E-state index is 11.9. The van der Waals surface area contributed by atoms with Crippen LogP contribution in [0.2, 0.25) is 0 Å². The third kappa shape index (κ3) is 3.71. The van der Waals surface area contributed by atoms with Gasteiger partial charge in [0.05, 0.1) is 0 Å². The molecule has 1 aromatic carbocycles. The molecule has 0 bridgehead atoms. The molecule has 108 valence electrons. The van der Waals surface area contributed by atoms with Crippen LogP contribution in [-0.4, -0.2) is 55.8 Å². The first kappa shape index (κ1) is 15.5. The van der Waals surface area contributed by atoms with Crippen LogP contribution in [0.1, 0.15) is 20.7 Å². The van der Waals surface area contributed by atoms with Gasteiger partial charge < -0.3 is 20.9 Å². The SMILES string of the molecule is CN(C)C(=O)Nc1cc(C(N)=O)cc(C(=O)N(C)C)c1. The molecule has 7 heteroatoms. The number of benzene rings is 1. The lowest BCUT2D eigenvalue weighted by Gasteiger charge is -2.15. The molecule has 0 aliphatic rings. The van der Waals surface area contributed by atoms with E-state index in [0.29, 0.717) is 5.69 Å². The van der Waals surface area contributed by atoms with Gasteiger partial charge >= 0.3 is 6.03 Å². The largest absolute Gasteiger partial charge is 0.366 e. The van der Waals surface area contributed by atoms with Gasteiger partial charge in [-0.25, -0.2) is 4.79 Å². The molecule has 0 aliphatic carbocycles. The standard InChI is InChI=1S/C13H18N4O3/c1-16(2)12(19)9-5-8(11(14)18)6-10(7-9)15-13(20)17(3)4/h5-7H,1-4H3,(H2,14,18)(H,15,20). The monoisotopic (exact) mass is 278 g/mol. The van der Waals surface area contributed by atoms with Crippen LogP contribution in [0.5, 0.6) is 0 Å². The van der Waals surface area contributed by atoms with E-state index in [0.717, 1.165) is 0 Å². The predicted octanol–water partition coefficient (Wildman–Crippen LogP) is 0.581. The van der Waals surface area contributed by atoms with Crippen molar-refractivity contribution in [1.82, 2.24) is 9.80 Å². The smallest absolute Gasteiger partial charge is 0.321 e. The summed E-state index contributed by atoms with van der Waals surface area (Å²) < 4.78 is 0. The summed E-state index contributed by atoms with van der Waals surface area (Å²) in [5.74, 6) is -0.952. The first-order valence-corrected chi connectivity index (χ1v) is 5.87. The molecule has 1 aromatic rings. The lowest BCUT2D eigenvalue weighted by atomic mass is 10.1. The normalized spacial score (nSPS) is 9.80. The number of carbonyl (C=O) groups is 3. The maximum Gasteiger partial charge on any atom is 0.321 e. The Labute approximate surface area is 117 Å². The summed E-state index contributed by atoms with van der Waals surface area (Å²) in [5.41, 5.74) is 6.01. The van der Waals surface area contributed by atoms with Gasteiger partial charge in [0.1, 0.15) is 0 Å². The molecule has 0 saturated heterocycles. The zero-order chi connectivity index (χ0) is 15.4. The van der Waals surface area contributed by atoms with Crippen molar-refractivity contribution in [2.75, 3.05) is 33.5 Å². The summed E-state index contributed by atoms with van der Waals surface area (Å²) >= 11 is 0. The molecule has 0 fully saturated rings.